The maximum absolute atomic E-state index is 11.1. The van der Waals surface area contributed by atoms with Crippen LogP contribution >= 0.6 is 11.6 Å². The van der Waals surface area contributed by atoms with Crippen LogP contribution in [-0.4, -0.2) is 18.3 Å². The van der Waals surface area contributed by atoms with Crippen molar-refractivity contribution in [1.29, 1.82) is 0 Å². The van der Waals surface area contributed by atoms with Gasteiger partial charge in [0.1, 0.15) is 0 Å². The molecule has 1 saturated carbocycles. The molecule has 3 heteroatoms. The van der Waals surface area contributed by atoms with Crippen molar-refractivity contribution < 1.29 is 4.79 Å². The Morgan fingerprint density at radius 1 is 1.42 bits per heavy atom. The molecular formula is C9H16ClNO. The Morgan fingerprint density at radius 3 is 2.75 bits per heavy atom. The van der Waals surface area contributed by atoms with Gasteiger partial charge in [0.2, 0.25) is 5.91 Å². The number of hydrogen-bond acceptors (Lipinski definition) is 1. The lowest BCUT2D eigenvalue weighted by molar-refractivity contribution is -0.121. The molecule has 0 radical (unpaired) electrons. The quantitative estimate of drug-likeness (QED) is 0.502. The molecule has 1 aliphatic carbocycles. The molecule has 1 N–H and O–H groups in total. The van der Waals surface area contributed by atoms with Gasteiger partial charge < -0.3 is 5.32 Å². The molecule has 2 nitrogen and oxygen atoms in total. The molecule has 0 aromatic heterocycles. The number of halogens is 1. The highest BCUT2D eigenvalue weighted by molar-refractivity contribution is 6.17. The van der Waals surface area contributed by atoms with Gasteiger partial charge in [0.25, 0.3) is 0 Å². The van der Waals surface area contributed by atoms with Crippen LogP contribution in [0.3, 0.4) is 0 Å². The summed E-state index contributed by atoms with van der Waals surface area (Å²) in [6, 6.07) is 0. The summed E-state index contributed by atoms with van der Waals surface area (Å²) in [6.45, 7) is 0.790. The zero-order valence-electron chi connectivity index (χ0n) is 7.31. The van der Waals surface area contributed by atoms with Gasteiger partial charge >= 0.3 is 0 Å². The van der Waals surface area contributed by atoms with E-state index in [1.807, 2.05) is 0 Å². The summed E-state index contributed by atoms with van der Waals surface area (Å²) in [5, 5.41) is 2.89. The first-order valence-corrected chi connectivity index (χ1v) is 5.19. The molecule has 1 fully saturated rings. The Hall–Kier alpha value is -0.240. The minimum Gasteiger partial charge on any atom is -0.356 e. The maximum atomic E-state index is 11.1. The average Bonchev–Trinajstić information content (AvgIpc) is 2.82. The number of carbonyl (C=O) groups excluding carboxylic acids is 1. The molecule has 0 saturated heterocycles. The number of rotatable bonds is 6. The van der Waals surface area contributed by atoms with Gasteiger partial charge in [-0.1, -0.05) is 0 Å². The third-order valence-electron chi connectivity index (χ3n) is 2.05. The molecule has 12 heavy (non-hydrogen) atoms. The highest BCUT2D eigenvalue weighted by Crippen LogP contribution is 2.31. The van der Waals surface area contributed by atoms with Crippen LogP contribution in [0.1, 0.15) is 32.1 Å². The molecule has 0 bridgehead atoms. The van der Waals surface area contributed by atoms with Crippen LogP contribution in [0.15, 0.2) is 0 Å². The fourth-order valence-electron chi connectivity index (χ4n) is 1.10. The second-order valence-corrected chi connectivity index (χ2v) is 3.77. The molecule has 0 atom stereocenters. The third kappa shape index (κ3) is 4.60. The van der Waals surface area contributed by atoms with Crippen molar-refractivity contribution in [2.24, 2.45) is 5.92 Å². The van der Waals surface area contributed by atoms with Crippen molar-refractivity contribution >= 4 is 17.5 Å². The van der Waals surface area contributed by atoms with Crippen molar-refractivity contribution in [3.63, 3.8) is 0 Å². The Labute approximate surface area is 78.7 Å². The number of carbonyl (C=O) groups is 1. The van der Waals surface area contributed by atoms with Crippen LogP contribution in [-0.2, 0) is 4.79 Å². The van der Waals surface area contributed by atoms with E-state index in [0.717, 1.165) is 25.8 Å². The standard InChI is InChI=1S/C9H16ClNO/c10-5-1-2-6-11-9(12)7-8-3-4-8/h8H,1-7H2,(H,11,12). The summed E-state index contributed by atoms with van der Waals surface area (Å²) >= 11 is 5.50. The van der Waals surface area contributed by atoms with Gasteiger partial charge in [-0.25, -0.2) is 0 Å². The van der Waals surface area contributed by atoms with Gasteiger partial charge in [-0.2, -0.15) is 0 Å². The van der Waals surface area contributed by atoms with Crippen LogP contribution in [0.4, 0.5) is 0 Å². The van der Waals surface area contributed by atoms with E-state index in [1.54, 1.807) is 0 Å². The molecule has 0 heterocycles. The largest absolute Gasteiger partial charge is 0.356 e. The SMILES string of the molecule is O=C(CC1CC1)NCCCCCl. The van der Waals surface area contributed by atoms with E-state index in [9.17, 15) is 4.79 Å². The summed E-state index contributed by atoms with van der Waals surface area (Å²) in [5.41, 5.74) is 0. The van der Waals surface area contributed by atoms with E-state index < -0.39 is 0 Å². The summed E-state index contributed by atoms with van der Waals surface area (Å²) in [4.78, 5) is 11.1. The van der Waals surface area contributed by atoms with Crippen molar-refractivity contribution in [1.82, 2.24) is 5.32 Å². The molecule has 0 aliphatic heterocycles. The van der Waals surface area contributed by atoms with Crippen LogP contribution in [0, 0.1) is 5.92 Å². The van der Waals surface area contributed by atoms with E-state index in [1.165, 1.54) is 12.8 Å². The molecule has 70 valence electrons. The number of unbranched alkanes of at least 4 members (excludes halogenated alkanes) is 1. The Morgan fingerprint density at radius 2 is 2.17 bits per heavy atom. The predicted octanol–water partition coefficient (Wildman–Crippen LogP) is 1.92. The molecular weight excluding hydrogens is 174 g/mol. The normalized spacial score (nSPS) is 16.1. The lowest BCUT2D eigenvalue weighted by Gasteiger charge is -2.02. The van der Waals surface area contributed by atoms with Crippen LogP contribution in [0.5, 0.6) is 0 Å². The summed E-state index contributed by atoms with van der Waals surface area (Å²) < 4.78 is 0. The minimum atomic E-state index is 0.215. The van der Waals surface area contributed by atoms with E-state index in [4.69, 9.17) is 11.6 Å². The van der Waals surface area contributed by atoms with Crippen LogP contribution < -0.4 is 5.32 Å². The van der Waals surface area contributed by atoms with Crippen LogP contribution in [0.2, 0.25) is 0 Å². The van der Waals surface area contributed by atoms with E-state index in [0.29, 0.717) is 11.8 Å². The first-order chi connectivity index (χ1) is 5.83. The van der Waals surface area contributed by atoms with Gasteiger partial charge in [0, 0.05) is 18.8 Å². The summed E-state index contributed by atoms with van der Waals surface area (Å²) in [6.07, 6.45) is 5.22. The van der Waals surface area contributed by atoms with E-state index >= 15 is 0 Å². The molecule has 0 aromatic carbocycles. The first kappa shape index (κ1) is 9.85. The highest BCUT2D eigenvalue weighted by Gasteiger charge is 2.23. The maximum Gasteiger partial charge on any atom is 0.220 e. The molecule has 0 spiro atoms. The lowest BCUT2D eigenvalue weighted by Crippen LogP contribution is -2.24. The van der Waals surface area contributed by atoms with Crippen molar-refractivity contribution in [2.45, 2.75) is 32.1 Å². The second kappa shape index (κ2) is 5.41. The summed E-state index contributed by atoms with van der Waals surface area (Å²) in [7, 11) is 0. The predicted molar refractivity (Wildman–Crippen MR) is 50.3 cm³/mol. The molecule has 1 rings (SSSR count). The molecule has 0 aromatic rings. The van der Waals surface area contributed by atoms with Gasteiger partial charge in [0.15, 0.2) is 0 Å². The number of amides is 1. The zero-order chi connectivity index (χ0) is 8.81. The Balaban J connectivity index is 1.87. The minimum absolute atomic E-state index is 0.215. The van der Waals surface area contributed by atoms with Crippen molar-refractivity contribution in [3.8, 4) is 0 Å². The highest BCUT2D eigenvalue weighted by atomic mass is 35.5. The summed E-state index contributed by atoms with van der Waals surface area (Å²) in [5.74, 6) is 1.60. The second-order valence-electron chi connectivity index (χ2n) is 3.39. The van der Waals surface area contributed by atoms with Gasteiger partial charge in [0.05, 0.1) is 0 Å². The average molecular weight is 190 g/mol. The zero-order valence-corrected chi connectivity index (χ0v) is 8.07. The van der Waals surface area contributed by atoms with Crippen LogP contribution in [0.25, 0.3) is 0 Å². The topological polar surface area (TPSA) is 29.1 Å². The van der Waals surface area contributed by atoms with Crippen molar-refractivity contribution in [3.05, 3.63) is 0 Å². The smallest absolute Gasteiger partial charge is 0.220 e. The Bertz CT molecular complexity index is 145. The van der Waals surface area contributed by atoms with Gasteiger partial charge in [-0.15, -0.1) is 11.6 Å². The molecule has 0 unspecified atom stereocenters. The number of hydrogen-bond donors (Lipinski definition) is 1. The first-order valence-electron chi connectivity index (χ1n) is 4.65. The molecule has 1 aliphatic rings. The lowest BCUT2D eigenvalue weighted by atomic mass is 10.2. The fraction of sp³-hybridized carbons (Fsp3) is 0.889. The number of nitrogens with one attached hydrogen (secondary N) is 1. The number of alkyl halides is 1. The Kier molecular flexibility index (Phi) is 4.44. The van der Waals surface area contributed by atoms with E-state index in [2.05, 4.69) is 5.32 Å². The molecule has 1 amide bonds. The van der Waals surface area contributed by atoms with E-state index in [-0.39, 0.29) is 5.91 Å². The fourth-order valence-corrected chi connectivity index (χ4v) is 1.29. The monoisotopic (exact) mass is 189 g/mol. The third-order valence-corrected chi connectivity index (χ3v) is 2.32. The van der Waals surface area contributed by atoms with Crippen molar-refractivity contribution in [2.75, 3.05) is 12.4 Å². The van der Waals surface area contributed by atoms with Gasteiger partial charge in [-0.3, -0.25) is 4.79 Å². The van der Waals surface area contributed by atoms with Gasteiger partial charge in [-0.05, 0) is 31.6 Å².